The quantitative estimate of drug-likeness (QED) is 0.518. The van der Waals surface area contributed by atoms with Crippen molar-refractivity contribution in [2.24, 2.45) is 12.9 Å². The fourth-order valence-corrected chi connectivity index (χ4v) is 2.08. The molecule has 114 valence electrons. The largest absolute Gasteiger partial charge is 0.419 e. The Kier molecular flexibility index (Phi) is 4.29. The molecule has 0 aliphatic heterocycles. The second kappa shape index (κ2) is 5.82. The summed E-state index contributed by atoms with van der Waals surface area (Å²) in [6.45, 7) is 0. The molecule has 0 saturated heterocycles. The van der Waals surface area contributed by atoms with Crippen LogP contribution in [0.1, 0.15) is 22.9 Å². The number of aryl methyl sites for hydroxylation is 1. The van der Waals surface area contributed by atoms with E-state index in [4.69, 9.17) is 5.84 Å². The number of aromatic nitrogens is 2. The topological polar surface area (TPSA) is 55.9 Å². The summed E-state index contributed by atoms with van der Waals surface area (Å²) in [7, 11) is 1.71. The van der Waals surface area contributed by atoms with Crippen molar-refractivity contribution in [3.63, 3.8) is 0 Å². The number of nitrogens with two attached hydrogens (primary N) is 1. The highest BCUT2D eigenvalue weighted by Gasteiger charge is 2.35. The van der Waals surface area contributed by atoms with E-state index in [1.54, 1.807) is 24.0 Å². The maximum atomic E-state index is 14.1. The van der Waals surface area contributed by atoms with E-state index in [9.17, 15) is 17.6 Å². The average Bonchev–Trinajstić information content (AvgIpc) is 2.81. The van der Waals surface area contributed by atoms with E-state index in [0.717, 1.165) is 6.07 Å². The number of halogens is 4. The highest BCUT2D eigenvalue weighted by molar-refractivity contribution is 5.31. The van der Waals surface area contributed by atoms with Gasteiger partial charge in [0.05, 0.1) is 17.3 Å². The molecular formula is C13H14F4N4. The first-order chi connectivity index (χ1) is 9.82. The second-order valence-electron chi connectivity index (χ2n) is 4.61. The van der Waals surface area contributed by atoms with Crippen LogP contribution in [0.5, 0.6) is 0 Å². The van der Waals surface area contributed by atoms with Crippen LogP contribution in [0.15, 0.2) is 30.5 Å². The van der Waals surface area contributed by atoms with Crippen LogP contribution in [0, 0.1) is 5.82 Å². The molecule has 1 heterocycles. The summed E-state index contributed by atoms with van der Waals surface area (Å²) < 4.78 is 53.8. The van der Waals surface area contributed by atoms with Gasteiger partial charge in [-0.05, 0) is 12.1 Å². The summed E-state index contributed by atoms with van der Waals surface area (Å²) >= 11 is 0. The van der Waals surface area contributed by atoms with Crippen molar-refractivity contribution in [2.45, 2.75) is 18.6 Å². The van der Waals surface area contributed by atoms with E-state index in [0.29, 0.717) is 11.8 Å². The molecule has 0 bridgehead atoms. The van der Waals surface area contributed by atoms with E-state index in [2.05, 4.69) is 10.5 Å². The number of hydrogen-bond acceptors (Lipinski definition) is 3. The molecule has 0 spiro atoms. The summed E-state index contributed by atoms with van der Waals surface area (Å²) in [5.41, 5.74) is 1.49. The van der Waals surface area contributed by atoms with Gasteiger partial charge >= 0.3 is 6.18 Å². The fraction of sp³-hybridized carbons (Fsp3) is 0.308. The van der Waals surface area contributed by atoms with Crippen LogP contribution in [0.2, 0.25) is 0 Å². The van der Waals surface area contributed by atoms with Gasteiger partial charge in [0.25, 0.3) is 0 Å². The summed E-state index contributed by atoms with van der Waals surface area (Å²) in [6, 6.07) is 4.02. The first kappa shape index (κ1) is 15.5. The van der Waals surface area contributed by atoms with Crippen LogP contribution < -0.4 is 11.3 Å². The Morgan fingerprint density at radius 1 is 1.33 bits per heavy atom. The molecule has 4 nitrogen and oxygen atoms in total. The third-order valence-corrected chi connectivity index (χ3v) is 3.09. The molecule has 0 saturated carbocycles. The van der Waals surface area contributed by atoms with E-state index in [-0.39, 0.29) is 12.0 Å². The van der Waals surface area contributed by atoms with Crippen LogP contribution in [-0.2, 0) is 19.6 Å². The fourth-order valence-electron chi connectivity index (χ4n) is 2.08. The molecule has 3 N–H and O–H groups in total. The molecule has 1 unspecified atom stereocenters. The lowest BCUT2D eigenvalue weighted by atomic mass is 9.99. The lowest BCUT2D eigenvalue weighted by molar-refractivity contribution is -0.140. The molecule has 0 aliphatic rings. The van der Waals surface area contributed by atoms with Gasteiger partial charge in [0.15, 0.2) is 0 Å². The Bertz CT molecular complexity index is 621. The Labute approximate surface area is 118 Å². The Morgan fingerprint density at radius 3 is 2.57 bits per heavy atom. The molecule has 0 radical (unpaired) electrons. The van der Waals surface area contributed by atoms with Gasteiger partial charge in [-0.1, -0.05) is 12.1 Å². The van der Waals surface area contributed by atoms with E-state index in [1.165, 1.54) is 6.07 Å². The van der Waals surface area contributed by atoms with E-state index >= 15 is 0 Å². The highest BCUT2D eigenvalue weighted by atomic mass is 19.4. The minimum absolute atomic E-state index is 0.141. The first-order valence-electron chi connectivity index (χ1n) is 6.13. The summed E-state index contributed by atoms with van der Waals surface area (Å²) in [4.78, 5) is 0. The third-order valence-electron chi connectivity index (χ3n) is 3.09. The van der Waals surface area contributed by atoms with E-state index in [1.807, 2.05) is 0 Å². The molecule has 1 aromatic heterocycles. The Hall–Kier alpha value is -1.93. The minimum atomic E-state index is -4.75. The first-order valence-corrected chi connectivity index (χ1v) is 6.13. The van der Waals surface area contributed by atoms with Crippen LogP contribution in [0.4, 0.5) is 17.6 Å². The molecule has 1 atom stereocenters. The third kappa shape index (κ3) is 3.40. The molecule has 0 aliphatic carbocycles. The van der Waals surface area contributed by atoms with Crippen molar-refractivity contribution in [1.29, 1.82) is 0 Å². The number of nitrogens with one attached hydrogen (secondary N) is 1. The van der Waals surface area contributed by atoms with Crippen LogP contribution in [0.3, 0.4) is 0 Å². The van der Waals surface area contributed by atoms with Gasteiger partial charge in [-0.2, -0.15) is 18.3 Å². The molecule has 1 aromatic carbocycles. The van der Waals surface area contributed by atoms with Crippen molar-refractivity contribution in [3.05, 3.63) is 53.1 Å². The molecule has 0 amide bonds. The van der Waals surface area contributed by atoms with Gasteiger partial charge in [0, 0.05) is 25.2 Å². The molecule has 8 heteroatoms. The molecular weight excluding hydrogens is 288 g/mol. The van der Waals surface area contributed by atoms with Crippen molar-refractivity contribution >= 4 is 0 Å². The number of hydrazine groups is 1. The van der Waals surface area contributed by atoms with Crippen LogP contribution in [-0.4, -0.2) is 9.78 Å². The van der Waals surface area contributed by atoms with Gasteiger partial charge in [-0.15, -0.1) is 0 Å². The lowest BCUT2D eigenvalue weighted by Gasteiger charge is -2.18. The Morgan fingerprint density at radius 2 is 2.05 bits per heavy atom. The van der Waals surface area contributed by atoms with E-state index < -0.39 is 23.6 Å². The maximum absolute atomic E-state index is 14.1. The van der Waals surface area contributed by atoms with Crippen molar-refractivity contribution in [2.75, 3.05) is 0 Å². The predicted octanol–water partition coefficient (Wildman–Crippen LogP) is 2.33. The number of nitrogens with zero attached hydrogens (tertiary/aromatic N) is 2. The van der Waals surface area contributed by atoms with Gasteiger partial charge < -0.3 is 0 Å². The zero-order valence-electron chi connectivity index (χ0n) is 11.2. The summed E-state index contributed by atoms with van der Waals surface area (Å²) in [6.07, 6.45) is -2.88. The van der Waals surface area contributed by atoms with Gasteiger partial charge in [0.1, 0.15) is 5.82 Å². The van der Waals surface area contributed by atoms with Crippen molar-refractivity contribution < 1.29 is 17.6 Å². The zero-order chi connectivity index (χ0) is 15.6. The Balaban J connectivity index is 2.34. The number of benzene rings is 1. The van der Waals surface area contributed by atoms with Crippen LogP contribution >= 0.6 is 0 Å². The van der Waals surface area contributed by atoms with Crippen LogP contribution in [0.25, 0.3) is 0 Å². The number of rotatable bonds is 4. The highest BCUT2D eigenvalue weighted by Crippen LogP contribution is 2.34. The van der Waals surface area contributed by atoms with Gasteiger partial charge in [-0.3, -0.25) is 16.0 Å². The van der Waals surface area contributed by atoms with Crippen molar-refractivity contribution in [1.82, 2.24) is 15.2 Å². The van der Waals surface area contributed by atoms with Crippen molar-refractivity contribution in [3.8, 4) is 0 Å². The predicted molar refractivity (Wildman–Crippen MR) is 68.4 cm³/mol. The minimum Gasteiger partial charge on any atom is -0.276 e. The van der Waals surface area contributed by atoms with Gasteiger partial charge in [0.2, 0.25) is 0 Å². The summed E-state index contributed by atoms with van der Waals surface area (Å²) in [5, 5.41) is 4.10. The molecule has 2 rings (SSSR count). The average molecular weight is 302 g/mol. The number of hydrogen-bond donors (Lipinski definition) is 2. The molecule has 21 heavy (non-hydrogen) atoms. The monoisotopic (exact) mass is 302 g/mol. The zero-order valence-corrected chi connectivity index (χ0v) is 11.2. The normalized spacial score (nSPS) is 13.4. The maximum Gasteiger partial charge on any atom is 0.419 e. The standard InChI is InChI=1S/C13H14F4N4/c1-21-6-5-8(20-21)7-11(19-18)9-3-2-4-10(12(9)14)13(15,16)17/h2-6,11,19H,7,18H2,1H3. The smallest absolute Gasteiger partial charge is 0.276 e. The number of alkyl halides is 3. The van der Waals surface area contributed by atoms with Gasteiger partial charge in [-0.25, -0.2) is 4.39 Å². The second-order valence-corrected chi connectivity index (χ2v) is 4.61. The molecule has 2 aromatic rings. The SMILES string of the molecule is Cn1ccc(CC(NN)c2cccc(C(F)(F)F)c2F)n1. The molecule has 0 fully saturated rings. The lowest BCUT2D eigenvalue weighted by Crippen LogP contribution is -2.31. The summed E-state index contributed by atoms with van der Waals surface area (Å²) in [5.74, 6) is 4.04.